The van der Waals surface area contributed by atoms with E-state index in [1.807, 2.05) is 6.92 Å². The van der Waals surface area contributed by atoms with E-state index in [0.717, 1.165) is 15.8 Å². The largest absolute Gasteiger partial charge is 0.497 e. The Kier molecular flexibility index (Phi) is 6.29. The minimum absolute atomic E-state index is 0.355. The number of methoxy groups -OCH3 is 1. The third-order valence-electron chi connectivity index (χ3n) is 4.61. The lowest BCUT2D eigenvalue weighted by Gasteiger charge is -2.17. The second kappa shape index (κ2) is 8.87. The lowest BCUT2D eigenvalue weighted by atomic mass is 10.1. The average Bonchev–Trinajstić information content (AvgIpc) is 2.73. The first-order valence-corrected chi connectivity index (χ1v) is 9.48. The fourth-order valence-corrected chi connectivity index (χ4v) is 3.07. The number of ether oxygens (including phenoxy) is 1. The summed E-state index contributed by atoms with van der Waals surface area (Å²) < 4.78 is 6.23. The van der Waals surface area contributed by atoms with Crippen LogP contribution in [-0.2, 0) is 4.79 Å². The van der Waals surface area contributed by atoms with Crippen molar-refractivity contribution in [1.82, 2.24) is 14.8 Å². The van der Waals surface area contributed by atoms with Crippen molar-refractivity contribution in [3.05, 3.63) is 69.7 Å². The number of halogens is 1. The number of benzene rings is 2. The Labute approximate surface area is 173 Å². The van der Waals surface area contributed by atoms with E-state index in [2.05, 4.69) is 15.4 Å². The molecule has 3 aromatic rings. The minimum Gasteiger partial charge on any atom is -0.497 e. The molecule has 7 nitrogen and oxygen atoms in total. The molecule has 1 unspecified atom stereocenters. The Morgan fingerprint density at radius 3 is 2.59 bits per heavy atom. The molecule has 0 saturated heterocycles. The molecule has 1 heterocycles. The van der Waals surface area contributed by atoms with Crippen molar-refractivity contribution in [3.63, 3.8) is 0 Å². The molecule has 8 heteroatoms. The standard InChI is InChI=1S/C21H21ClN4O3/c1-4-19(20(27)24-17-7-5-6-16(22)13(17)2)26-21(28)25-18(12-23-26)14-8-10-15(29-3)11-9-14/h5-12,19H,4H2,1-3H3,(H,24,27). The quantitative estimate of drug-likeness (QED) is 0.664. The van der Waals surface area contributed by atoms with E-state index in [4.69, 9.17) is 16.3 Å². The monoisotopic (exact) mass is 412 g/mol. The number of carbonyl (C=O) groups is 1. The molecule has 0 saturated carbocycles. The number of nitrogens with zero attached hydrogens (tertiary/aromatic N) is 3. The summed E-state index contributed by atoms with van der Waals surface area (Å²) in [5, 5.41) is 7.57. The van der Waals surface area contributed by atoms with Crippen LogP contribution < -0.4 is 15.7 Å². The van der Waals surface area contributed by atoms with E-state index >= 15 is 0 Å². The van der Waals surface area contributed by atoms with E-state index in [0.29, 0.717) is 28.6 Å². The molecule has 29 heavy (non-hydrogen) atoms. The molecule has 0 radical (unpaired) electrons. The highest BCUT2D eigenvalue weighted by Crippen LogP contribution is 2.24. The zero-order valence-corrected chi connectivity index (χ0v) is 17.1. The van der Waals surface area contributed by atoms with Gasteiger partial charge in [0.2, 0.25) is 5.91 Å². The van der Waals surface area contributed by atoms with Gasteiger partial charge >= 0.3 is 5.69 Å². The molecule has 1 N–H and O–H groups in total. The van der Waals surface area contributed by atoms with Gasteiger partial charge in [-0.15, -0.1) is 0 Å². The van der Waals surface area contributed by atoms with Crippen LogP contribution in [0.2, 0.25) is 5.02 Å². The maximum absolute atomic E-state index is 12.8. The number of nitrogens with one attached hydrogen (secondary N) is 1. The van der Waals surface area contributed by atoms with Gasteiger partial charge in [-0.3, -0.25) is 4.79 Å². The lowest BCUT2D eigenvalue weighted by Crippen LogP contribution is -2.36. The summed E-state index contributed by atoms with van der Waals surface area (Å²) >= 11 is 6.11. The molecule has 1 amide bonds. The molecular weight excluding hydrogens is 392 g/mol. The number of hydrogen-bond acceptors (Lipinski definition) is 5. The number of amides is 1. The Morgan fingerprint density at radius 1 is 1.24 bits per heavy atom. The fourth-order valence-electron chi connectivity index (χ4n) is 2.89. The smallest absolute Gasteiger partial charge is 0.365 e. The maximum Gasteiger partial charge on any atom is 0.365 e. The highest BCUT2D eigenvalue weighted by molar-refractivity contribution is 6.31. The van der Waals surface area contributed by atoms with Gasteiger partial charge in [0.05, 0.1) is 19.0 Å². The number of anilines is 1. The minimum atomic E-state index is -0.793. The van der Waals surface area contributed by atoms with E-state index in [-0.39, 0.29) is 5.91 Å². The molecule has 0 aliphatic heterocycles. The molecule has 1 aromatic heterocycles. The average molecular weight is 413 g/mol. The van der Waals surface area contributed by atoms with Crippen molar-refractivity contribution in [2.45, 2.75) is 26.3 Å². The van der Waals surface area contributed by atoms with Crippen molar-refractivity contribution in [1.29, 1.82) is 0 Å². The number of aromatic nitrogens is 3. The van der Waals surface area contributed by atoms with Crippen LogP contribution in [0.1, 0.15) is 24.9 Å². The third-order valence-corrected chi connectivity index (χ3v) is 5.02. The first-order chi connectivity index (χ1) is 13.9. The van der Waals surface area contributed by atoms with Crippen molar-refractivity contribution in [2.75, 3.05) is 12.4 Å². The highest BCUT2D eigenvalue weighted by Gasteiger charge is 2.22. The summed E-state index contributed by atoms with van der Waals surface area (Å²) in [6.45, 7) is 3.62. The van der Waals surface area contributed by atoms with Crippen LogP contribution >= 0.6 is 11.6 Å². The van der Waals surface area contributed by atoms with Crippen molar-refractivity contribution < 1.29 is 9.53 Å². The summed E-state index contributed by atoms with van der Waals surface area (Å²) in [7, 11) is 1.58. The summed E-state index contributed by atoms with van der Waals surface area (Å²) in [4.78, 5) is 29.5. The highest BCUT2D eigenvalue weighted by atomic mass is 35.5. The summed E-state index contributed by atoms with van der Waals surface area (Å²) in [5.74, 6) is 0.348. The van der Waals surface area contributed by atoms with Gasteiger partial charge in [0.15, 0.2) is 0 Å². The van der Waals surface area contributed by atoms with Gasteiger partial charge in [-0.05, 0) is 55.3 Å². The molecule has 0 aliphatic rings. The molecular formula is C21H21ClN4O3. The predicted octanol–water partition coefficient (Wildman–Crippen LogP) is 3.87. The zero-order valence-electron chi connectivity index (χ0n) is 16.3. The van der Waals surface area contributed by atoms with Crippen LogP contribution in [0, 0.1) is 6.92 Å². The van der Waals surface area contributed by atoms with Crippen LogP contribution in [0.25, 0.3) is 11.3 Å². The van der Waals surface area contributed by atoms with Gasteiger partial charge < -0.3 is 10.1 Å². The van der Waals surface area contributed by atoms with Gasteiger partial charge in [-0.25, -0.2) is 9.48 Å². The van der Waals surface area contributed by atoms with Gasteiger partial charge in [0, 0.05) is 16.3 Å². The first kappa shape index (κ1) is 20.5. The van der Waals surface area contributed by atoms with Crippen molar-refractivity contribution in [2.24, 2.45) is 0 Å². The molecule has 150 valence electrons. The molecule has 0 bridgehead atoms. The SMILES string of the molecule is CCC(C(=O)Nc1cccc(Cl)c1C)n1ncc(-c2ccc(OC)cc2)nc1=O. The van der Waals surface area contributed by atoms with Crippen molar-refractivity contribution >= 4 is 23.2 Å². The van der Waals surface area contributed by atoms with Crippen LogP contribution in [0.5, 0.6) is 5.75 Å². The number of hydrogen-bond donors (Lipinski definition) is 1. The Bertz CT molecular complexity index is 1080. The molecule has 0 aliphatic carbocycles. The third kappa shape index (κ3) is 4.46. The zero-order chi connectivity index (χ0) is 21.0. The topological polar surface area (TPSA) is 86.1 Å². The van der Waals surface area contributed by atoms with Crippen molar-refractivity contribution in [3.8, 4) is 17.0 Å². The summed E-state index contributed by atoms with van der Waals surface area (Å²) in [5.41, 5.74) is 1.91. The van der Waals surface area contributed by atoms with E-state index in [1.54, 1.807) is 56.5 Å². The van der Waals surface area contributed by atoms with Crippen LogP contribution in [0.4, 0.5) is 5.69 Å². The molecule has 0 spiro atoms. The summed E-state index contributed by atoms with van der Waals surface area (Å²) in [6, 6.07) is 11.6. The molecule has 0 fully saturated rings. The van der Waals surface area contributed by atoms with E-state index in [9.17, 15) is 9.59 Å². The van der Waals surface area contributed by atoms with Gasteiger partial charge in [0.25, 0.3) is 0 Å². The Balaban J connectivity index is 1.86. The lowest BCUT2D eigenvalue weighted by molar-refractivity contribution is -0.119. The van der Waals surface area contributed by atoms with E-state index < -0.39 is 11.7 Å². The summed E-state index contributed by atoms with van der Waals surface area (Å²) in [6.07, 6.45) is 1.85. The number of rotatable bonds is 6. The van der Waals surface area contributed by atoms with E-state index in [1.165, 1.54) is 6.20 Å². The predicted molar refractivity (Wildman–Crippen MR) is 112 cm³/mol. The molecule has 1 atom stereocenters. The number of carbonyl (C=O) groups excluding carboxylic acids is 1. The second-order valence-electron chi connectivity index (χ2n) is 6.42. The molecule has 2 aromatic carbocycles. The molecule has 3 rings (SSSR count). The van der Waals surface area contributed by atoms with Gasteiger partial charge in [-0.2, -0.15) is 10.1 Å². The second-order valence-corrected chi connectivity index (χ2v) is 6.83. The Hall–Kier alpha value is -3.19. The normalized spacial score (nSPS) is 11.7. The fraction of sp³-hybridized carbons (Fsp3) is 0.238. The first-order valence-electron chi connectivity index (χ1n) is 9.10. The maximum atomic E-state index is 12.8. The van der Waals surface area contributed by atoms with Crippen LogP contribution in [0.15, 0.2) is 53.5 Å². The van der Waals surface area contributed by atoms with Crippen LogP contribution in [-0.4, -0.2) is 27.8 Å². The Morgan fingerprint density at radius 2 is 1.97 bits per heavy atom. The van der Waals surface area contributed by atoms with Crippen LogP contribution in [0.3, 0.4) is 0 Å². The van der Waals surface area contributed by atoms with Gasteiger partial charge in [-0.1, -0.05) is 24.6 Å². The van der Waals surface area contributed by atoms with Gasteiger partial charge in [0.1, 0.15) is 11.8 Å².